The van der Waals surface area contributed by atoms with E-state index in [0.717, 1.165) is 16.7 Å². The molecule has 1 heterocycles. The van der Waals surface area contributed by atoms with Crippen molar-refractivity contribution < 1.29 is 9.59 Å². The SMILES string of the molecule is Cc1ccc(CC2S/C(=C(/C#N)C(=O)NCc3ccccc3)N(c3ccc(Cl)cc3)C2=O)cc1. The van der Waals surface area contributed by atoms with Gasteiger partial charge in [0, 0.05) is 17.3 Å². The van der Waals surface area contributed by atoms with Crippen molar-refractivity contribution >= 4 is 40.9 Å². The van der Waals surface area contributed by atoms with Crippen LogP contribution in [-0.2, 0) is 22.6 Å². The molecule has 0 saturated carbocycles. The number of nitriles is 1. The van der Waals surface area contributed by atoms with Crippen LogP contribution in [0.25, 0.3) is 0 Å². The number of carbonyl (C=O) groups excluding carboxylic acids is 2. The number of thioether (sulfide) groups is 1. The Morgan fingerprint density at radius 3 is 2.35 bits per heavy atom. The summed E-state index contributed by atoms with van der Waals surface area (Å²) in [6, 6.07) is 26.3. The summed E-state index contributed by atoms with van der Waals surface area (Å²) < 4.78 is 0. The van der Waals surface area contributed by atoms with E-state index in [1.165, 1.54) is 16.7 Å². The number of nitrogens with zero attached hydrogens (tertiary/aromatic N) is 2. The molecule has 1 unspecified atom stereocenters. The maximum atomic E-state index is 13.5. The Balaban J connectivity index is 1.66. The minimum absolute atomic E-state index is 0.0874. The Hall–Kier alpha value is -3.53. The molecule has 2 amide bonds. The number of aryl methyl sites for hydroxylation is 1. The van der Waals surface area contributed by atoms with E-state index in [1.807, 2.05) is 67.6 Å². The van der Waals surface area contributed by atoms with Gasteiger partial charge in [0.2, 0.25) is 5.91 Å². The van der Waals surface area contributed by atoms with Crippen molar-refractivity contribution in [2.24, 2.45) is 0 Å². The number of hydrogen-bond acceptors (Lipinski definition) is 4. The molecule has 3 aromatic rings. The second kappa shape index (κ2) is 10.6. The highest BCUT2D eigenvalue weighted by molar-refractivity contribution is 8.05. The minimum Gasteiger partial charge on any atom is -0.347 e. The molecule has 1 saturated heterocycles. The lowest BCUT2D eigenvalue weighted by Gasteiger charge is -2.19. The highest BCUT2D eigenvalue weighted by atomic mass is 35.5. The van der Waals surface area contributed by atoms with Gasteiger partial charge in [0.15, 0.2) is 0 Å². The number of benzene rings is 3. The molecule has 1 N–H and O–H groups in total. The summed E-state index contributed by atoms with van der Waals surface area (Å²) in [7, 11) is 0. The normalized spacial score (nSPS) is 16.8. The molecule has 1 aliphatic rings. The van der Waals surface area contributed by atoms with Crippen LogP contribution in [0.3, 0.4) is 0 Å². The van der Waals surface area contributed by atoms with Gasteiger partial charge in [-0.25, -0.2) is 0 Å². The van der Waals surface area contributed by atoms with Gasteiger partial charge in [-0.2, -0.15) is 5.26 Å². The Morgan fingerprint density at radius 2 is 1.71 bits per heavy atom. The van der Waals surface area contributed by atoms with E-state index in [0.29, 0.717) is 22.2 Å². The molecule has 0 aromatic heterocycles. The maximum Gasteiger partial charge on any atom is 0.264 e. The largest absolute Gasteiger partial charge is 0.347 e. The highest BCUT2D eigenvalue weighted by Gasteiger charge is 2.40. The lowest BCUT2D eigenvalue weighted by Crippen LogP contribution is -2.32. The first-order valence-corrected chi connectivity index (χ1v) is 12.0. The van der Waals surface area contributed by atoms with Gasteiger partial charge < -0.3 is 5.32 Å². The summed E-state index contributed by atoms with van der Waals surface area (Å²) in [4.78, 5) is 28.0. The van der Waals surface area contributed by atoms with Crippen LogP contribution in [0.2, 0.25) is 5.02 Å². The average molecular weight is 488 g/mol. The van der Waals surface area contributed by atoms with Crippen molar-refractivity contribution in [3.63, 3.8) is 0 Å². The van der Waals surface area contributed by atoms with E-state index in [9.17, 15) is 14.9 Å². The molecule has 1 fully saturated rings. The standard InChI is InChI=1S/C27H22ClN3O2S/c1-18-7-9-19(10-8-18)15-24-26(33)31(22-13-11-21(28)12-14-22)27(34-24)23(16-29)25(32)30-17-20-5-3-2-4-6-20/h2-14,24H,15,17H2,1H3,(H,30,32)/b27-23-. The zero-order valence-corrected chi connectivity index (χ0v) is 20.1. The third-order valence-electron chi connectivity index (χ3n) is 5.43. The monoisotopic (exact) mass is 487 g/mol. The lowest BCUT2D eigenvalue weighted by molar-refractivity contribution is -0.117. The van der Waals surface area contributed by atoms with E-state index < -0.39 is 11.2 Å². The van der Waals surface area contributed by atoms with Crippen LogP contribution in [0.15, 0.2) is 89.5 Å². The van der Waals surface area contributed by atoms with Crippen molar-refractivity contribution in [3.05, 3.63) is 111 Å². The van der Waals surface area contributed by atoms with Crippen LogP contribution < -0.4 is 10.2 Å². The molecule has 1 atom stereocenters. The Kier molecular flexibility index (Phi) is 7.36. The second-order valence-corrected chi connectivity index (χ2v) is 9.53. The van der Waals surface area contributed by atoms with Crippen molar-refractivity contribution in [1.29, 1.82) is 5.26 Å². The second-order valence-electron chi connectivity index (χ2n) is 7.91. The van der Waals surface area contributed by atoms with Gasteiger partial charge in [0.05, 0.1) is 5.25 Å². The molecule has 170 valence electrons. The van der Waals surface area contributed by atoms with E-state index in [4.69, 9.17) is 11.6 Å². The third kappa shape index (κ3) is 5.33. The molecular weight excluding hydrogens is 466 g/mol. The molecule has 4 rings (SSSR count). The zero-order chi connectivity index (χ0) is 24.1. The predicted octanol–water partition coefficient (Wildman–Crippen LogP) is 5.39. The molecule has 0 radical (unpaired) electrons. The summed E-state index contributed by atoms with van der Waals surface area (Å²) >= 11 is 7.29. The van der Waals surface area contributed by atoms with E-state index in [-0.39, 0.29) is 18.0 Å². The average Bonchev–Trinajstić information content (AvgIpc) is 3.16. The van der Waals surface area contributed by atoms with Gasteiger partial charge in [-0.1, -0.05) is 83.5 Å². The number of halogens is 1. The molecule has 1 aliphatic heterocycles. The first kappa shape index (κ1) is 23.6. The first-order valence-electron chi connectivity index (χ1n) is 10.7. The quantitative estimate of drug-likeness (QED) is 0.373. The lowest BCUT2D eigenvalue weighted by atomic mass is 10.1. The predicted molar refractivity (Wildman–Crippen MR) is 136 cm³/mol. The molecule has 3 aromatic carbocycles. The molecule has 34 heavy (non-hydrogen) atoms. The van der Waals surface area contributed by atoms with Crippen molar-refractivity contribution in [2.45, 2.75) is 25.1 Å². The summed E-state index contributed by atoms with van der Waals surface area (Å²) in [6.07, 6.45) is 0.488. The number of hydrogen-bond donors (Lipinski definition) is 1. The first-order chi connectivity index (χ1) is 16.5. The van der Waals surface area contributed by atoms with Gasteiger partial charge in [-0.3, -0.25) is 14.5 Å². The summed E-state index contributed by atoms with van der Waals surface area (Å²) in [6.45, 7) is 2.29. The minimum atomic E-state index is -0.517. The fourth-order valence-electron chi connectivity index (χ4n) is 3.62. The van der Waals surface area contributed by atoms with Gasteiger partial charge in [0.1, 0.15) is 16.7 Å². The Labute approximate surface area is 208 Å². The molecule has 7 heteroatoms. The topological polar surface area (TPSA) is 73.2 Å². The number of amides is 2. The van der Waals surface area contributed by atoms with Gasteiger partial charge in [-0.15, -0.1) is 0 Å². The maximum absolute atomic E-state index is 13.5. The number of rotatable bonds is 6. The van der Waals surface area contributed by atoms with E-state index in [2.05, 4.69) is 5.32 Å². The summed E-state index contributed by atoms with van der Waals surface area (Å²) in [5.41, 5.74) is 3.54. The third-order valence-corrected chi connectivity index (χ3v) is 6.94. The molecular formula is C27H22ClN3O2S. The van der Waals surface area contributed by atoms with Crippen LogP contribution >= 0.6 is 23.4 Å². The Bertz CT molecular complexity index is 1270. The zero-order valence-electron chi connectivity index (χ0n) is 18.5. The smallest absolute Gasteiger partial charge is 0.264 e. The number of nitrogens with one attached hydrogen (secondary N) is 1. The summed E-state index contributed by atoms with van der Waals surface area (Å²) in [5.74, 6) is -0.692. The van der Waals surface area contributed by atoms with E-state index in [1.54, 1.807) is 24.3 Å². The fraction of sp³-hybridized carbons (Fsp3) is 0.148. The molecule has 0 aliphatic carbocycles. The van der Waals surface area contributed by atoms with Gasteiger partial charge in [-0.05, 0) is 48.7 Å². The van der Waals surface area contributed by atoms with Crippen LogP contribution in [0, 0.1) is 18.3 Å². The molecule has 5 nitrogen and oxygen atoms in total. The van der Waals surface area contributed by atoms with Crippen LogP contribution in [0.1, 0.15) is 16.7 Å². The van der Waals surface area contributed by atoms with Crippen molar-refractivity contribution in [2.75, 3.05) is 4.90 Å². The van der Waals surface area contributed by atoms with Crippen molar-refractivity contribution in [3.8, 4) is 6.07 Å². The summed E-state index contributed by atoms with van der Waals surface area (Å²) in [5, 5.41) is 13.1. The fourth-order valence-corrected chi connectivity index (χ4v) is 5.05. The van der Waals surface area contributed by atoms with Crippen LogP contribution in [-0.4, -0.2) is 17.1 Å². The molecule has 0 spiro atoms. The molecule has 0 bridgehead atoms. The van der Waals surface area contributed by atoms with Crippen LogP contribution in [0.4, 0.5) is 5.69 Å². The van der Waals surface area contributed by atoms with E-state index >= 15 is 0 Å². The van der Waals surface area contributed by atoms with Crippen molar-refractivity contribution in [1.82, 2.24) is 5.32 Å². The van der Waals surface area contributed by atoms with Gasteiger partial charge >= 0.3 is 0 Å². The highest BCUT2D eigenvalue weighted by Crippen LogP contribution is 2.42. The number of anilines is 1. The number of carbonyl (C=O) groups is 2. The van der Waals surface area contributed by atoms with Gasteiger partial charge in [0.25, 0.3) is 5.91 Å². The van der Waals surface area contributed by atoms with Crippen LogP contribution in [0.5, 0.6) is 0 Å². The Morgan fingerprint density at radius 1 is 1.03 bits per heavy atom.